The summed E-state index contributed by atoms with van der Waals surface area (Å²) < 4.78 is 42.9. The predicted octanol–water partition coefficient (Wildman–Crippen LogP) is 5.35. The molecule has 1 aromatic heterocycles. The smallest absolute Gasteiger partial charge is 0.264 e. The number of nitrogens with zero attached hydrogens (tertiary/aromatic N) is 3. The molecule has 3 aromatic carbocycles. The molecule has 2 heterocycles. The molecular weight excluding hydrogens is 487 g/mol. The van der Waals surface area contributed by atoms with Crippen LogP contribution in [0.4, 0.5) is 10.1 Å². The summed E-state index contributed by atoms with van der Waals surface area (Å²) in [5, 5.41) is 0.764. The number of benzene rings is 3. The van der Waals surface area contributed by atoms with Crippen LogP contribution in [0.25, 0.3) is 16.6 Å². The SMILES string of the molecule is C=C(c1ccc(NS(=O)(=O)c2cccc3cccnc23)cc1)N1CCN(Cc2ccccc2F)C[C@H]1C. The van der Waals surface area contributed by atoms with Crippen LogP contribution in [0.2, 0.25) is 0 Å². The molecule has 1 N–H and O–H groups in total. The van der Waals surface area contributed by atoms with Crippen molar-refractivity contribution in [3.63, 3.8) is 0 Å². The van der Waals surface area contributed by atoms with E-state index in [4.69, 9.17) is 0 Å². The number of rotatable bonds is 7. The zero-order chi connectivity index (χ0) is 26.0. The molecule has 1 saturated heterocycles. The largest absolute Gasteiger partial charge is 0.366 e. The van der Waals surface area contributed by atoms with Gasteiger partial charge in [-0.2, -0.15) is 0 Å². The highest BCUT2D eigenvalue weighted by atomic mass is 32.2. The molecule has 6 nitrogen and oxygen atoms in total. The Kier molecular flexibility index (Phi) is 6.95. The van der Waals surface area contributed by atoms with E-state index in [9.17, 15) is 12.8 Å². The van der Waals surface area contributed by atoms with Gasteiger partial charge in [0.05, 0.1) is 5.52 Å². The first kappa shape index (κ1) is 24.9. The van der Waals surface area contributed by atoms with Gasteiger partial charge in [-0.3, -0.25) is 14.6 Å². The molecule has 0 aliphatic carbocycles. The quantitative estimate of drug-likeness (QED) is 0.359. The van der Waals surface area contributed by atoms with E-state index in [1.807, 2.05) is 36.4 Å². The molecule has 0 bridgehead atoms. The zero-order valence-electron chi connectivity index (χ0n) is 20.6. The van der Waals surface area contributed by atoms with Gasteiger partial charge < -0.3 is 4.90 Å². The van der Waals surface area contributed by atoms with E-state index < -0.39 is 10.0 Å². The average Bonchev–Trinajstić information content (AvgIpc) is 2.89. The van der Waals surface area contributed by atoms with Gasteiger partial charge in [-0.15, -0.1) is 0 Å². The van der Waals surface area contributed by atoms with E-state index in [-0.39, 0.29) is 16.8 Å². The van der Waals surface area contributed by atoms with Gasteiger partial charge in [-0.1, -0.05) is 55.1 Å². The lowest BCUT2D eigenvalue weighted by atomic mass is 10.1. The molecule has 0 amide bonds. The van der Waals surface area contributed by atoms with Crippen molar-refractivity contribution in [2.45, 2.75) is 24.4 Å². The van der Waals surface area contributed by atoms with Crippen LogP contribution in [0.3, 0.4) is 0 Å². The lowest BCUT2D eigenvalue weighted by Crippen LogP contribution is -2.50. The molecule has 1 aliphatic rings. The topological polar surface area (TPSA) is 65.5 Å². The summed E-state index contributed by atoms with van der Waals surface area (Å²) in [5.41, 5.74) is 3.41. The number of sulfonamides is 1. The van der Waals surface area contributed by atoms with Crippen LogP contribution in [0.1, 0.15) is 18.1 Å². The fraction of sp³-hybridized carbons (Fsp3) is 0.207. The van der Waals surface area contributed by atoms with Crippen molar-refractivity contribution in [2.75, 3.05) is 24.4 Å². The number of aromatic nitrogens is 1. The molecule has 0 radical (unpaired) electrons. The summed E-state index contributed by atoms with van der Waals surface area (Å²) >= 11 is 0. The minimum Gasteiger partial charge on any atom is -0.366 e. The number of halogens is 1. The Morgan fingerprint density at radius 3 is 2.54 bits per heavy atom. The lowest BCUT2D eigenvalue weighted by Gasteiger charge is -2.42. The minimum absolute atomic E-state index is 0.140. The number of fused-ring (bicyclic) bond motifs is 1. The van der Waals surface area contributed by atoms with E-state index >= 15 is 0 Å². The highest BCUT2D eigenvalue weighted by molar-refractivity contribution is 7.93. The molecule has 1 fully saturated rings. The van der Waals surface area contributed by atoms with Gasteiger partial charge in [0.1, 0.15) is 10.7 Å². The summed E-state index contributed by atoms with van der Waals surface area (Å²) in [6.45, 7) is 9.40. The van der Waals surface area contributed by atoms with Crippen molar-refractivity contribution in [1.82, 2.24) is 14.8 Å². The van der Waals surface area contributed by atoms with Crippen molar-refractivity contribution >= 4 is 32.3 Å². The van der Waals surface area contributed by atoms with E-state index in [1.54, 1.807) is 42.6 Å². The van der Waals surface area contributed by atoms with Gasteiger partial charge in [0.2, 0.25) is 0 Å². The number of hydrogen-bond donors (Lipinski definition) is 1. The first-order valence-corrected chi connectivity index (χ1v) is 13.7. The molecule has 0 spiro atoms. The van der Waals surface area contributed by atoms with Crippen molar-refractivity contribution < 1.29 is 12.8 Å². The highest BCUT2D eigenvalue weighted by Crippen LogP contribution is 2.27. The summed E-state index contributed by atoms with van der Waals surface area (Å²) in [5.74, 6) is -0.172. The number of anilines is 1. The summed E-state index contributed by atoms with van der Waals surface area (Å²) in [7, 11) is -3.81. The molecule has 1 aliphatic heterocycles. The van der Waals surface area contributed by atoms with E-state index in [1.165, 1.54) is 6.07 Å². The average molecular weight is 517 g/mol. The van der Waals surface area contributed by atoms with E-state index in [2.05, 4.69) is 33.0 Å². The fourth-order valence-electron chi connectivity index (χ4n) is 4.84. The highest BCUT2D eigenvalue weighted by Gasteiger charge is 2.26. The van der Waals surface area contributed by atoms with E-state index in [0.29, 0.717) is 23.3 Å². The Bertz CT molecular complexity index is 1530. The predicted molar refractivity (Wildman–Crippen MR) is 146 cm³/mol. The Labute approximate surface area is 217 Å². The lowest BCUT2D eigenvalue weighted by molar-refractivity contribution is 0.122. The number of para-hydroxylation sites is 1. The van der Waals surface area contributed by atoms with Gasteiger partial charge >= 0.3 is 0 Å². The number of piperazine rings is 1. The summed E-state index contributed by atoms with van der Waals surface area (Å²) in [4.78, 5) is 8.91. The summed E-state index contributed by atoms with van der Waals surface area (Å²) in [6.07, 6.45) is 1.59. The number of pyridine rings is 1. The standard InChI is InChI=1S/C29H29FN4O2S/c1-21-19-33(20-25-7-3-4-10-27(25)30)17-18-34(21)22(2)23-12-14-26(15-13-23)32-37(35,36)28-11-5-8-24-9-6-16-31-29(24)28/h3-16,21,32H,2,17-20H2,1H3/t21-/m1/s1. The molecule has 4 aromatic rings. The molecule has 190 valence electrons. The second-order valence-electron chi connectivity index (χ2n) is 9.33. The normalized spacial score (nSPS) is 16.6. The monoisotopic (exact) mass is 516 g/mol. The third kappa shape index (κ3) is 5.35. The number of hydrogen-bond acceptors (Lipinski definition) is 5. The van der Waals surface area contributed by atoms with Crippen LogP contribution >= 0.6 is 0 Å². The van der Waals surface area contributed by atoms with Gasteiger partial charge in [0.25, 0.3) is 10.0 Å². The second kappa shape index (κ2) is 10.3. The first-order valence-electron chi connectivity index (χ1n) is 12.2. The molecule has 8 heteroatoms. The van der Waals surface area contributed by atoms with E-state index in [0.717, 1.165) is 36.3 Å². The number of nitrogens with one attached hydrogen (secondary N) is 1. The van der Waals surface area contributed by atoms with Crippen LogP contribution in [-0.4, -0.2) is 48.9 Å². The third-order valence-electron chi connectivity index (χ3n) is 6.77. The van der Waals surface area contributed by atoms with Crippen molar-refractivity contribution in [1.29, 1.82) is 0 Å². The molecule has 5 rings (SSSR count). The van der Waals surface area contributed by atoms with Gasteiger partial charge in [-0.05, 0) is 42.8 Å². The maximum atomic E-state index is 14.1. The van der Waals surface area contributed by atoms with Crippen LogP contribution in [0.15, 0.2) is 96.5 Å². The zero-order valence-corrected chi connectivity index (χ0v) is 21.5. The minimum atomic E-state index is -3.81. The Morgan fingerprint density at radius 1 is 1.03 bits per heavy atom. The van der Waals surface area contributed by atoms with Crippen molar-refractivity contribution in [3.05, 3.63) is 109 Å². The van der Waals surface area contributed by atoms with Gasteiger partial charge in [0.15, 0.2) is 0 Å². The van der Waals surface area contributed by atoms with Crippen LogP contribution in [0.5, 0.6) is 0 Å². The van der Waals surface area contributed by atoms with Crippen LogP contribution in [0, 0.1) is 5.82 Å². The maximum Gasteiger partial charge on any atom is 0.264 e. The Morgan fingerprint density at radius 2 is 1.78 bits per heavy atom. The maximum absolute atomic E-state index is 14.1. The molecule has 37 heavy (non-hydrogen) atoms. The third-order valence-corrected chi connectivity index (χ3v) is 8.18. The summed E-state index contributed by atoms with van der Waals surface area (Å²) in [6, 6.07) is 23.1. The van der Waals surface area contributed by atoms with Crippen LogP contribution in [-0.2, 0) is 16.6 Å². The Balaban J connectivity index is 1.25. The van der Waals surface area contributed by atoms with Crippen LogP contribution < -0.4 is 4.72 Å². The molecule has 1 atom stereocenters. The van der Waals surface area contributed by atoms with Gasteiger partial charge in [-0.25, -0.2) is 12.8 Å². The molecule has 0 unspecified atom stereocenters. The van der Waals surface area contributed by atoms with Gasteiger partial charge in [0, 0.05) is 60.8 Å². The molecule has 0 saturated carbocycles. The first-order chi connectivity index (χ1) is 17.8. The molecular formula is C29H29FN4O2S. The fourth-order valence-corrected chi connectivity index (χ4v) is 6.08. The second-order valence-corrected chi connectivity index (χ2v) is 11.0. The van der Waals surface area contributed by atoms with Crippen molar-refractivity contribution in [2.24, 2.45) is 0 Å². The van der Waals surface area contributed by atoms with Crippen molar-refractivity contribution in [3.8, 4) is 0 Å². The Hall–Kier alpha value is -3.75.